The number of aliphatic hydroxyl groups excluding tert-OH is 1. The maximum absolute atomic E-state index is 13.3. The molecule has 1 N–H and O–H groups in total. The van der Waals surface area contributed by atoms with Crippen LogP contribution in [-0.4, -0.2) is 40.9 Å². The van der Waals surface area contributed by atoms with E-state index in [-0.39, 0.29) is 29.7 Å². The van der Waals surface area contributed by atoms with Crippen molar-refractivity contribution < 1.29 is 14.0 Å². The number of aromatic nitrogens is 1. The maximum atomic E-state index is 13.3. The highest BCUT2D eigenvalue weighted by Gasteiger charge is 2.39. The zero-order valence-corrected chi connectivity index (χ0v) is 17.5. The fourth-order valence-corrected chi connectivity index (χ4v) is 4.51. The normalized spacial score (nSPS) is 17.8. The molecule has 29 heavy (non-hydrogen) atoms. The smallest absolute Gasteiger partial charge is 0.170 e. The predicted octanol–water partition coefficient (Wildman–Crippen LogP) is 4.74. The number of likely N-dealkylation sites (tertiary alicyclic amines) is 1. The summed E-state index contributed by atoms with van der Waals surface area (Å²) in [5, 5.41) is 15.5. The summed E-state index contributed by atoms with van der Waals surface area (Å²) >= 11 is 0. The van der Waals surface area contributed by atoms with E-state index < -0.39 is 0 Å². The van der Waals surface area contributed by atoms with Crippen LogP contribution in [0.1, 0.15) is 37.4 Å². The van der Waals surface area contributed by atoms with Crippen LogP contribution < -0.4 is 0 Å². The average molecular weight is 419 g/mol. The van der Waals surface area contributed by atoms with E-state index in [0.717, 1.165) is 56.4 Å². The second-order valence-electron chi connectivity index (χ2n) is 7.91. The highest BCUT2D eigenvalue weighted by Crippen LogP contribution is 2.38. The van der Waals surface area contributed by atoms with Gasteiger partial charge in [0, 0.05) is 16.9 Å². The van der Waals surface area contributed by atoms with Gasteiger partial charge in [0.15, 0.2) is 5.58 Å². The molecule has 0 radical (unpaired) electrons. The Morgan fingerprint density at radius 2 is 1.90 bits per heavy atom. The lowest BCUT2D eigenvalue weighted by Crippen LogP contribution is -2.48. The molecule has 1 atom stereocenters. The lowest BCUT2D eigenvalue weighted by Gasteiger charge is -2.44. The Morgan fingerprint density at radius 1 is 1.17 bits per heavy atom. The number of halogens is 2. The Bertz CT molecular complexity index is 921. The second-order valence-corrected chi connectivity index (χ2v) is 7.91. The molecule has 0 saturated carbocycles. The molecule has 2 heterocycles. The van der Waals surface area contributed by atoms with Crippen LogP contribution in [0.2, 0.25) is 0 Å². The van der Waals surface area contributed by atoms with Crippen molar-refractivity contribution in [2.45, 2.75) is 44.1 Å². The van der Waals surface area contributed by atoms with E-state index in [1.54, 1.807) is 6.07 Å². The third-order valence-electron chi connectivity index (χ3n) is 6.29. The Morgan fingerprint density at radius 3 is 2.59 bits per heavy atom. The number of rotatable bonds is 6. The van der Waals surface area contributed by atoms with Crippen LogP contribution in [0.25, 0.3) is 11.0 Å². The van der Waals surface area contributed by atoms with Crippen molar-refractivity contribution in [2.75, 3.05) is 19.6 Å². The molecule has 3 aromatic rings. The van der Waals surface area contributed by atoms with E-state index in [9.17, 15) is 9.50 Å². The third kappa shape index (κ3) is 4.47. The van der Waals surface area contributed by atoms with Gasteiger partial charge in [-0.2, -0.15) is 0 Å². The van der Waals surface area contributed by atoms with Crippen LogP contribution >= 0.6 is 12.4 Å². The molecule has 0 amide bonds. The van der Waals surface area contributed by atoms with Crippen LogP contribution in [0.4, 0.5) is 4.39 Å². The summed E-state index contributed by atoms with van der Waals surface area (Å²) in [4.78, 5) is 2.46. The first kappa shape index (κ1) is 21.8. The van der Waals surface area contributed by atoms with Crippen molar-refractivity contribution in [3.8, 4) is 0 Å². The van der Waals surface area contributed by atoms with Gasteiger partial charge < -0.3 is 14.5 Å². The van der Waals surface area contributed by atoms with Crippen LogP contribution in [0, 0.1) is 5.82 Å². The first-order valence-corrected chi connectivity index (χ1v) is 10.1. The van der Waals surface area contributed by atoms with Crippen molar-refractivity contribution in [1.29, 1.82) is 0 Å². The molecule has 0 bridgehead atoms. The fraction of sp³-hybridized carbons (Fsp3) is 0.435. The molecular formula is C23H28ClFN2O2. The minimum absolute atomic E-state index is 0. The monoisotopic (exact) mass is 418 g/mol. The van der Waals surface area contributed by atoms with E-state index in [0.29, 0.717) is 5.58 Å². The molecule has 156 valence electrons. The number of nitrogens with zero attached hydrogens (tertiary/aromatic N) is 2. The quantitative estimate of drug-likeness (QED) is 0.628. The van der Waals surface area contributed by atoms with Crippen molar-refractivity contribution in [3.05, 3.63) is 65.6 Å². The number of benzene rings is 2. The van der Waals surface area contributed by atoms with E-state index in [1.165, 1.54) is 17.7 Å². The minimum atomic E-state index is -0.362. The molecule has 2 aromatic carbocycles. The van der Waals surface area contributed by atoms with Crippen molar-refractivity contribution in [1.82, 2.24) is 10.1 Å². The molecule has 1 aliphatic rings. The number of hydrogen-bond acceptors (Lipinski definition) is 4. The number of aryl methyl sites for hydroxylation is 1. The molecule has 1 saturated heterocycles. The summed E-state index contributed by atoms with van der Waals surface area (Å²) in [7, 11) is 0. The molecule has 1 aromatic heterocycles. The number of fused-ring (bicyclic) bond motifs is 1. The zero-order valence-electron chi connectivity index (χ0n) is 16.7. The van der Waals surface area contributed by atoms with Crippen molar-refractivity contribution >= 4 is 23.4 Å². The highest BCUT2D eigenvalue weighted by atomic mass is 35.5. The van der Waals surface area contributed by atoms with Gasteiger partial charge in [0.05, 0.1) is 11.8 Å². The summed E-state index contributed by atoms with van der Waals surface area (Å²) in [5.74, 6) is -0.302. The van der Waals surface area contributed by atoms with Gasteiger partial charge in [0.1, 0.15) is 5.82 Å². The Balaban J connectivity index is 0.00000240. The van der Waals surface area contributed by atoms with Crippen molar-refractivity contribution in [2.24, 2.45) is 0 Å². The van der Waals surface area contributed by atoms with E-state index in [4.69, 9.17) is 4.52 Å². The summed E-state index contributed by atoms with van der Waals surface area (Å²) < 4.78 is 18.5. The average Bonchev–Trinajstić information content (AvgIpc) is 3.11. The van der Waals surface area contributed by atoms with Gasteiger partial charge in [0.25, 0.3) is 0 Å². The maximum Gasteiger partial charge on any atom is 0.170 e. The summed E-state index contributed by atoms with van der Waals surface area (Å²) in [5.41, 5.74) is 2.50. The molecule has 4 nitrogen and oxygen atoms in total. The van der Waals surface area contributed by atoms with Crippen LogP contribution in [0.5, 0.6) is 0 Å². The zero-order chi connectivity index (χ0) is 19.6. The van der Waals surface area contributed by atoms with Gasteiger partial charge >= 0.3 is 0 Å². The van der Waals surface area contributed by atoms with E-state index >= 15 is 0 Å². The standard InChI is InChI=1S/C23H27FN2O2.ClH/c1-17(27)23(18-6-3-2-4-7-18)11-14-26(15-12-23)13-5-8-21-20-10-9-19(24)16-22(20)28-25-21;/h2-4,6-7,9-10,16-17,27H,5,8,11-15H2,1H3;1H. The molecule has 0 spiro atoms. The van der Waals surface area contributed by atoms with Crippen LogP contribution in [0.15, 0.2) is 53.1 Å². The van der Waals surface area contributed by atoms with Crippen LogP contribution in [0.3, 0.4) is 0 Å². The Hall–Kier alpha value is -1.95. The lowest BCUT2D eigenvalue weighted by atomic mass is 9.69. The van der Waals surface area contributed by atoms with Gasteiger partial charge in [-0.15, -0.1) is 12.4 Å². The SMILES string of the molecule is CC(O)C1(c2ccccc2)CCN(CCCc2noc3cc(F)ccc23)CC1.Cl. The first-order chi connectivity index (χ1) is 13.6. The first-order valence-electron chi connectivity index (χ1n) is 10.1. The number of aliphatic hydroxyl groups is 1. The minimum Gasteiger partial charge on any atom is -0.392 e. The summed E-state index contributed by atoms with van der Waals surface area (Å²) in [6.07, 6.45) is 3.35. The van der Waals surface area contributed by atoms with Gasteiger partial charge in [-0.3, -0.25) is 0 Å². The molecule has 0 aliphatic carbocycles. The second kappa shape index (κ2) is 9.24. The van der Waals surface area contributed by atoms with Gasteiger partial charge in [-0.1, -0.05) is 35.5 Å². The molecule has 4 rings (SSSR count). The molecule has 1 aliphatic heterocycles. The van der Waals surface area contributed by atoms with E-state index in [1.807, 2.05) is 13.0 Å². The molecule has 1 fully saturated rings. The Kier molecular flexibility index (Phi) is 6.93. The van der Waals surface area contributed by atoms with Gasteiger partial charge in [-0.25, -0.2) is 4.39 Å². The molecule has 6 heteroatoms. The highest BCUT2D eigenvalue weighted by molar-refractivity contribution is 5.85. The Labute approximate surface area is 177 Å². The number of hydrogen-bond donors (Lipinski definition) is 1. The van der Waals surface area contributed by atoms with Gasteiger partial charge in [-0.05, 0) is 69.9 Å². The summed E-state index contributed by atoms with van der Waals surface area (Å²) in [6, 6.07) is 15.0. The number of piperidine rings is 1. The van der Waals surface area contributed by atoms with Crippen LogP contribution in [-0.2, 0) is 11.8 Å². The third-order valence-corrected chi connectivity index (χ3v) is 6.29. The largest absolute Gasteiger partial charge is 0.392 e. The topological polar surface area (TPSA) is 49.5 Å². The lowest BCUT2D eigenvalue weighted by molar-refractivity contribution is 0.0416. The fourth-order valence-electron chi connectivity index (χ4n) is 4.51. The van der Waals surface area contributed by atoms with E-state index in [2.05, 4.69) is 34.3 Å². The molecular weight excluding hydrogens is 391 g/mol. The predicted molar refractivity (Wildman–Crippen MR) is 115 cm³/mol. The molecule has 1 unspecified atom stereocenters. The summed E-state index contributed by atoms with van der Waals surface area (Å²) in [6.45, 7) is 4.86. The van der Waals surface area contributed by atoms with Crippen molar-refractivity contribution in [3.63, 3.8) is 0 Å². The van der Waals surface area contributed by atoms with Gasteiger partial charge in [0.2, 0.25) is 0 Å².